The summed E-state index contributed by atoms with van der Waals surface area (Å²) in [7, 11) is 0. The molecule has 2 atom stereocenters. The Morgan fingerprint density at radius 1 is 1.38 bits per heavy atom. The van der Waals surface area contributed by atoms with Crippen molar-refractivity contribution in [1.82, 2.24) is 4.90 Å². The van der Waals surface area contributed by atoms with Crippen LogP contribution in [0.15, 0.2) is 18.2 Å². The van der Waals surface area contributed by atoms with E-state index in [0.29, 0.717) is 5.56 Å². The van der Waals surface area contributed by atoms with Gasteiger partial charge in [0.1, 0.15) is 11.5 Å². The SMILES string of the molecule is CC(c1c(O)cccc1O)N1CCC(N)C1. The van der Waals surface area contributed by atoms with Crippen LogP contribution in [0.1, 0.15) is 24.9 Å². The predicted molar refractivity (Wildman–Crippen MR) is 62.4 cm³/mol. The van der Waals surface area contributed by atoms with Crippen molar-refractivity contribution in [2.45, 2.75) is 25.4 Å². The van der Waals surface area contributed by atoms with Gasteiger partial charge in [-0.15, -0.1) is 0 Å². The highest BCUT2D eigenvalue weighted by molar-refractivity contribution is 5.45. The van der Waals surface area contributed by atoms with Gasteiger partial charge >= 0.3 is 0 Å². The van der Waals surface area contributed by atoms with Crippen molar-refractivity contribution >= 4 is 0 Å². The van der Waals surface area contributed by atoms with Gasteiger partial charge in [-0.1, -0.05) is 6.07 Å². The summed E-state index contributed by atoms with van der Waals surface area (Å²) in [5.74, 6) is 0.293. The van der Waals surface area contributed by atoms with Crippen LogP contribution in [0.5, 0.6) is 11.5 Å². The van der Waals surface area contributed by atoms with Gasteiger partial charge in [0.05, 0.1) is 5.56 Å². The zero-order valence-electron chi connectivity index (χ0n) is 9.43. The summed E-state index contributed by atoms with van der Waals surface area (Å²) in [6.07, 6.45) is 0.971. The average Bonchev–Trinajstić information content (AvgIpc) is 2.64. The summed E-state index contributed by atoms with van der Waals surface area (Å²) in [5, 5.41) is 19.5. The number of likely N-dealkylation sites (tertiary alicyclic amines) is 1. The van der Waals surface area contributed by atoms with Crippen molar-refractivity contribution in [2.24, 2.45) is 5.73 Å². The molecule has 1 saturated heterocycles. The quantitative estimate of drug-likeness (QED) is 0.703. The summed E-state index contributed by atoms with van der Waals surface area (Å²) in [6.45, 7) is 3.71. The second-order valence-corrected chi connectivity index (χ2v) is 4.43. The molecule has 0 aromatic heterocycles. The number of aromatic hydroxyl groups is 2. The number of nitrogens with two attached hydrogens (primary N) is 1. The van der Waals surface area contributed by atoms with Crippen LogP contribution in [0.4, 0.5) is 0 Å². The zero-order valence-corrected chi connectivity index (χ0v) is 9.43. The highest BCUT2D eigenvalue weighted by Gasteiger charge is 2.27. The highest BCUT2D eigenvalue weighted by Crippen LogP contribution is 2.36. The fraction of sp³-hybridized carbons (Fsp3) is 0.500. The largest absolute Gasteiger partial charge is 0.507 e. The lowest BCUT2D eigenvalue weighted by Gasteiger charge is -2.25. The van der Waals surface area contributed by atoms with E-state index in [4.69, 9.17) is 5.73 Å². The van der Waals surface area contributed by atoms with E-state index in [0.717, 1.165) is 19.5 Å². The Kier molecular flexibility index (Phi) is 3.03. The van der Waals surface area contributed by atoms with Gasteiger partial charge < -0.3 is 15.9 Å². The molecule has 0 amide bonds. The minimum Gasteiger partial charge on any atom is -0.507 e. The van der Waals surface area contributed by atoms with Crippen LogP contribution in [-0.4, -0.2) is 34.2 Å². The van der Waals surface area contributed by atoms with Crippen molar-refractivity contribution in [2.75, 3.05) is 13.1 Å². The first kappa shape index (κ1) is 11.2. The fourth-order valence-electron chi connectivity index (χ4n) is 2.32. The molecule has 1 aliphatic rings. The van der Waals surface area contributed by atoms with E-state index in [1.165, 1.54) is 0 Å². The molecule has 1 aromatic rings. The van der Waals surface area contributed by atoms with Crippen molar-refractivity contribution in [3.8, 4) is 11.5 Å². The Morgan fingerprint density at radius 3 is 2.50 bits per heavy atom. The van der Waals surface area contributed by atoms with Crippen LogP contribution < -0.4 is 5.73 Å². The van der Waals surface area contributed by atoms with E-state index >= 15 is 0 Å². The molecule has 1 aliphatic heterocycles. The third-order valence-corrected chi connectivity index (χ3v) is 3.28. The maximum atomic E-state index is 9.77. The predicted octanol–water partition coefficient (Wildman–Crippen LogP) is 1.19. The van der Waals surface area contributed by atoms with Gasteiger partial charge in [-0.2, -0.15) is 0 Å². The van der Waals surface area contributed by atoms with Gasteiger partial charge in [0.15, 0.2) is 0 Å². The van der Waals surface area contributed by atoms with E-state index in [9.17, 15) is 10.2 Å². The minimum absolute atomic E-state index is 0.00486. The van der Waals surface area contributed by atoms with Gasteiger partial charge in [-0.25, -0.2) is 0 Å². The molecule has 0 aliphatic carbocycles. The molecule has 1 fully saturated rings. The maximum Gasteiger partial charge on any atom is 0.124 e. The molecule has 88 valence electrons. The molecule has 0 saturated carbocycles. The van der Waals surface area contributed by atoms with Gasteiger partial charge in [0.2, 0.25) is 0 Å². The van der Waals surface area contributed by atoms with Crippen molar-refractivity contribution in [3.63, 3.8) is 0 Å². The van der Waals surface area contributed by atoms with E-state index in [2.05, 4.69) is 4.90 Å². The van der Waals surface area contributed by atoms with Gasteiger partial charge in [-0.3, -0.25) is 4.90 Å². The molecular weight excluding hydrogens is 204 g/mol. The molecule has 0 radical (unpaired) electrons. The molecule has 1 heterocycles. The summed E-state index contributed by atoms with van der Waals surface area (Å²) in [5.41, 5.74) is 6.44. The number of hydrogen-bond acceptors (Lipinski definition) is 4. The van der Waals surface area contributed by atoms with Crippen molar-refractivity contribution < 1.29 is 10.2 Å². The zero-order chi connectivity index (χ0) is 11.7. The number of phenolic OH excluding ortho intramolecular Hbond substituents is 2. The number of nitrogens with zero attached hydrogens (tertiary/aromatic N) is 1. The third kappa shape index (κ3) is 1.99. The van der Waals surface area contributed by atoms with Crippen LogP contribution in [-0.2, 0) is 0 Å². The first-order valence-corrected chi connectivity index (χ1v) is 5.60. The highest BCUT2D eigenvalue weighted by atomic mass is 16.3. The fourth-order valence-corrected chi connectivity index (χ4v) is 2.32. The third-order valence-electron chi connectivity index (χ3n) is 3.28. The molecule has 16 heavy (non-hydrogen) atoms. The Bertz CT molecular complexity index is 361. The van der Waals surface area contributed by atoms with Gasteiger partial charge in [-0.05, 0) is 25.5 Å². The van der Waals surface area contributed by atoms with Crippen LogP contribution in [0.2, 0.25) is 0 Å². The lowest BCUT2D eigenvalue weighted by atomic mass is 10.0. The van der Waals surface area contributed by atoms with Crippen molar-refractivity contribution in [3.05, 3.63) is 23.8 Å². The first-order chi connectivity index (χ1) is 7.59. The summed E-state index contributed by atoms with van der Waals surface area (Å²) in [4.78, 5) is 2.18. The molecule has 0 bridgehead atoms. The summed E-state index contributed by atoms with van der Waals surface area (Å²) < 4.78 is 0. The lowest BCUT2D eigenvalue weighted by molar-refractivity contribution is 0.249. The second kappa shape index (κ2) is 4.31. The van der Waals surface area contributed by atoms with E-state index in [1.54, 1.807) is 18.2 Å². The molecule has 2 rings (SSSR count). The Labute approximate surface area is 95.3 Å². The van der Waals surface area contributed by atoms with Crippen LogP contribution >= 0.6 is 0 Å². The monoisotopic (exact) mass is 222 g/mol. The molecule has 2 unspecified atom stereocenters. The van der Waals surface area contributed by atoms with Crippen LogP contribution in [0.3, 0.4) is 0 Å². The average molecular weight is 222 g/mol. The molecular formula is C12H18N2O2. The Balaban J connectivity index is 2.23. The minimum atomic E-state index is -0.00486. The Hall–Kier alpha value is -1.26. The summed E-state index contributed by atoms with van der Waals surface area (Å²) in [6, 6.07) is 5.03. The number of benzene rings is 1. The molecule has 4 nitrogen and oxygen atoms in total. The first-order valence-electron chi connectivity index (χ1n) is 5.60. The van der Waals surface area contributed by atoms with Crippen LogP contribution in [0, 0.1) is 0 Å². The lowest BCUT2D eigenvalue weighted by Crippen LogP contribution is -2.28. The normalized spacial score (nSPS) is 23.5. The molecule has 4 heteroatoms. The molecule has 1 aromatic carbocycles. The maximum absolute atomic E-state index is 9.77. The number of phenols is 2. The number of rotatable bonds is 2. The van der Waals surface area contributed by atoms with E-state index in [1.807, 2.05) is 6.92 Å². The van der Waals surface area contributed by atoms with Crippen LogP contribution in [0.25, 0.3) is 0 Å². The van der Waals surface area contributed by atoms with Gasteiger partial charge in [0.25, 0.3) is 0 Å². The van der Waals surface area contributed by atoms with E-state index < -0.39 is 0 Å². The second-order valence-electron chi connectivity index (χ2n) is 4.43. The number of hydrogen-bond donors (Lipinski definition) is 3. The smallest absolute Gasteiger partial charge is 0.124 e. The van der Waals surface area contributed by atoms with E-state index in [-0.39, 0.29) is 23.6 Å². The Morgan fingerprint density at radius 2 is 2.00 bits per heavy atom. The standard InChI is InChI=1S/C12H18N2O2/c1-8(14-6-5-9(13)7-14)12-10(15)3-2-4-11(12)16/h2-4,8-9,15-16H,5-7,13H2,1H3. The molecule has 4 N–H and O–H groups in total. The molecule has 0 spiro atoms. The van der Waals surface area contributed by atoms with Crippen molar-refractivity contribution in [1.29, 1.82) is 0 Å². The topological polar surface area (TPSA) is 69.7 Å². The summed E-state index contributed by atoms with van der Waals surface area (Å²) >= 11 is 0. The van der Waals surface area contributed by atoms with Gasteiger partial charge in [0, 0.05) is 25.2 Å².